The highest BCUT2D eigenvalue weighted by Crippen LogP contribution is 2.42. The zero-order valence-electron chi connectivity index (χ0n) is 29.4. The van der Waals surface area contributed by atoms with E-state index in [2.05, 4.69) is 67.7 Å². The van der Waals surface area contributed by atoms with E-state index >= 15 is 0 Å². The van der Waals surface area contributed by atoms with E-state index in [4.69, 9.17) is 27.8 Å². The second-order valence-electron chi connectivity index (χ2n) is 14.2. The molecule has 0 radical (unpaired) electrons. The van der Waals surface area contributed by atoms with Gasteiger partial charge in [0.25, 0.3) is 0 Å². The maximum atomic E-state index is 11.2. The highest BCUT2D eigenvalue weighted by atomic mass is 28.4. The Hall–Kier alpha value is -0.406. The fourth-order valence-corrected chi connectivity index (χ4v) is 6.77. The Kier molecular flexibility index (Phi) is 19.0. The summed E-state index contributed by atoms with van der Waals surface area (Å²) < 4.78 is 35.9. The molecule has 8 nitrogen and oxygen atoms in total. The highest BCUT2D eigenvalue weighted by Gasteiger charge is 2.45. The second-order valence-corrected chi connectivity index (χ2v) is 23.8. The highest BCUT2D eigenvalue weighted by molar-refractivity contribution is 6.74. The molecule has 0 aliphatic carbocycles. The first-order chi connectivity index (χ1) is 19.3. The van der Waals surface area contributed by atoms with Crippen LogP contribution in [0.5, 0.6) is 0 Å². The van der Waals surface area contributed by atoms with Gasteiger partial charge in [-0.25, -0.2) is 0 Å². The lowest BCUT2D eigenvalue weighted by atomic mass is 9.97. The van der Waals surface area contributed by atoms with Crippen LogP contribution in [0.3, 0.4) is 0 Å². The van der Waals surface area contributed by atoms with E-state index in [0.717, 1.165) is 0 Å². The standard InChI is InChI=1S/C32H66O8Si2/c1-15-17-27(37-23-35-9)25(33)19-21-29(39-41(11,12)31(3,4)5)30(40-42(13,14)32(6,7)8)22-20-26(34)28(18-16-2)38-24-36-10/h15-18,25-30,33-34H,19-24H2,1-14H3/b17-15+,18-16+/t25-,26-,27+,28+,29-,30-/m1/s1. The number of ether oxygens (including phenoxy) is 4. The third-order valence-electron chi connectivity index (χ3n) is 8.69. The minimum Gasteiger partial charge on any atom is -0.411 e. The summed E-state index contributed by atoms with van der Waals surface area (Å²) in [6, 6.07) is 0. The van der Waals surface area contributed by atoms with Crippen molar-refractivity contribution in [1.29, 1.82) is 0 Å². The van der Waals surface area contributed by atoms with Crippen molar-refractivity contribution in [2.75, 3.05) is 27.8 Å². The summed E-state index contributed by atoms with van der Waals surface area (Å²) in [6.45, 7) is 26.4. The fourth-order valence-electron chi connectivity index (χ4n) is 4.01. The molecule has 0 aliphatic heterocycles. The van der Waals surface area contributed by atoms with Crippen LogP contribution in [0.15, 0.2) is 24.3 Å². The van der Waals surface area contributed by atoms with E-state index in [1.54, 1.807) is 14.2 Å². The molecule has 0 unspecified atom stereocenters. The number of methoxy groups -OCH3 is 2. The third kappa shape index (κ3) is 14.6. The monoisotopic (exact) mass is 634 g/mol. The molecule has 2 N–H and O–H groups in total. The lowest BCUT2D eigenvalue weighted by molar-refractivity contribution is -0.0999. The van der Waals surface area contributed by atoms with Crippen molar-refractivity contribution in [3.8, 4) is 0 Å². The average molecular weight is 635 g/mol. The Morgan fingerprint density at radius 3 is 1.14 bits per heavy atom. The van der Waals surface area contributed by atoms with Gasteiger partial charge in [0.2, 0.25) is 0 Å². The van der Waals surface area contributed by atoms with Gasteiger partial charge in [0.1, 0.15) is 25.8 Å². The van der Waals surface area contributed by atoms with Gasteiger partial charge in [-0.3, -0.25) is 0 Å². The van der Waals surface area contributed by atoms with Crippen molar-refractivity contribution in [2.24, 2.45) is 0 Å². The van der Waals surface area contributed by atoms with Crippen LogP contribution in [0.1, 0.15) is 81.1 Å². The summed E-state index contributed by atoms with van der Waals surface area (Å²) in [6.07, 6.45) is 6.62. The first-order valence-corrected chi connectivity index (χ1v) is 21.3. The Bertz CT molecular complexity index is 709. The van der Waals surface area contributed by atoms with Crippen molar-refractivity contribution in [3.05, 3.63) is 24.3 Å². The predicted octanol–water partition coefficient (Wildman–Crippen LogP) is 7.18. The molecular weight excluding hydrogens is 569 g/mol. The second kappa shape index (κ2) is 19.2. The first kappa shape index (κ1) is 41.6. The first-order valence-electron chi connectivity index (χ1n) is 15.5. The Morgan fingerprint density at radius 1 is 0.595 bits per heavy atom. The molecule has 0 saturated carbocycles. The molecule has 0 saturated heterocycles. The van der Waals surface area contributed by atoms with Gasteiger partial charge in [0, 0.05) is 14.2 Å². The third-order valence-corrected chi connectivity index (χ3v) is 17.7. The predicted molar refractivity (Wildman–Crippen MR) is 178 cm³/mol. The number of aliphatic hydroxyl groups is 2. The molecule has 0 rings (SSSR count). The van der Waals surface area contributed by atoms with Crippen molar-refractivity contribution in [1.82, 2.24) is 0 Å². The molecular formula is C32H66O8Si2. The molecule has 10 heteroatoms. The summed E-state index contributed by atoms with van der Waals surface area (Å²) in [4.78, 5) is 0. The summed E-state index contributed by atoms with van der Waals surface area (Å²) in [5.74, 6) is 0. The fraction of sp³-hybridized carbons (Fsp3) is 0.875. The van der Waals surface area contributed by atoms with Crippen LogP contribution in [-0.2, 0) is 27.8 Å². The van der Waals surface area contributed by atoms with Crippen molar-refractivity contribution < 1.29 is 38.0 Å². The molecule has 250 valence electrons. The van der Waals surface area contributed by atoms with E-state index in [0.29, 0.717) is 25.7 Å². The van der Waals surface area contributed by atoms with E-state index < -0.39 is 41.1 Å². The normalized spacial score (nSPS) is 18.4. The van der Waals surface area contributed by atoms with Gasteiger partial charge in [0.15, 0.2) is 16.6 Å². The van der Waals surface area contributed by atoms with E-state index in [1.165, 1.54) is 0 Å². The van der Waals surface area contributed by atoms with E-state index in [1.807, 2.05) is 38.2 Å². The number of rotatable bonds is 21. The lowest BCUT2D eigenvalue weighted by Gasteiger charge is -2.45. The minimum absolute atomic E-state index is 0.00896. The maximum Gasteiger partial charge on any atom is 0.192 e. The Labute approximate surface area is 260 Å². The molecule has 0 aromatic heterocycles. The molecule has 0 aromatic rings. The number of hydrogen-bond donors (Lipinski definition) is 2. The van der Waals surface area contributed by atoms with Gasteiger partial charge in [-0.05, 0) is 75.8 Å². The molecule has 0 amide bonds. The van der Waals surface area contributed by atoms with Crippen LogP contribution in [0.4, 0.5) is 0 Å². The number of hydrogen-bond acceptors (Lipinski definition) is 8. The van der Waals surface area contributed by atoms with Crippen LogP contribution in [0.25, 0.3) is 0 Å². The maximum absolute atomic E-state index is 11.2. The van der Waals surface area contributed by atoms with Gasteiger partial charge < -0.3 is 38.0 Å². The van der Waals surface area contributed by atoms with E-state index in [9.17, 15) is 10.2 Å². The zero-order chi connectivity index (χ0) is 32.8. The molecule has 0 spiro atoms. The van der Waals surface area contributed by atoms with Crippen LogP contribution in [0.2, 0.25) is 36.3 Å². The number of aliphatic hydroxyl groups excluding tert-OH is 2. The SMILES string of the molecule is C/C=C/[C@H](OCOC)[C@H](O)CC[C@@H](O[Si](C)(C)C(C)(C)C)[C@@H](CC[C@@H](O)[C@H](/C=C/C)OCOC)O[Si](C)(C)C(C)(C)C. The Balaban J connectivity index is 6.39. The van der Waals surface area contributed by atoms with Gasteiger partial charge in [0.05, 0.1) is 24.4 Å². The summed E-state index contributed by atoms with van der Waals surface area (Å²) in [5.41, 5.74) is 0. The lowest BCUT2D eigenvalue weighted by Crippen LogP contribution is -2.52. The van der Waals surface area contributed by atoms with Gasteiger partial charge in [-0.15, -0.1) is 0 Å². The smallest absolute Gasteiger partial charge is 0.192 e. The molecule has 0 fully saturated rings. The minimum atomic E-state index is -2.22. The summed E-state index contributed by atoms with van der Waals surface area (Å²) in [7, 11) is -1.30. The molecule has 0 aromatic carbocycles. The quantitative estimate of drug-likeness (QED) is 0.0779. The van der Waals surface area contributed by atoms with Gasteiger partial charge in [-0.1, -0.05) is 65.8 Å². The largest absolute Gasteiger partial charge is 0.411 e. The molecule has 0 aliphatic rings. The van der Waals surface area contributed by atoms with Crippen LogP contribution >= 0.6 is 0 Å². The zero-order valence-corrected chi connectivity index (χ0v) is 31.4. The van der Waals surface area contributed by atoms with Crippen molar-refractivity contribution in [2.45, 2.75) is 154 Å². The molecule has 6 atom stereocenters. The molecule has 0 bridgehead atoms. The van der Waals surface area contributed by atoms with E-state index in [-0.39, 0.29) is 35.9 Å². The summed E-state index contributed by atoms with van der Waals surface area (Å²) in [5, 5.41) is 22.3. The van der Waals surface area contributed by atoms with Gasteiger partial charge in [-0.2, -0.15) is 0 Å². The van der Waals surface area contributed by atoms with Crippen LogP contribution in [0, 0.1) is 0 Å². The summed E-state index contributed by atoms with van der Waals surface area (Å²) >= 11 is 0. The molecule has 42 heavy (non-hydrogen) atoms. The topological polar surface area (TPSA) is 95.8 Å². The van der Waals surface area contributed by atoms with Crippen LogP contribution < -0.4 is 0 Å². The average Bonchev–Trinajstić information content (AvgIpc) is 2.87. The van der Waals surface area contributed by atoms with Crippen molar-refractivity contribution in [3.63, 3.8) is 0 Å². The van der Waals surface area contributed by atoms with Crippen LogP contribution in [-0.4, -0.2) is 91.3 Å². The van der Waals surface area contributed by atoms with Crippen molar-refractivity contribution >= 4 is 16.6 Å². The Morgan fingerprint density at radius 2 is 0.905 bits per heavy atom. The number of allylic oxidation sites excluding steroid dienone is 2. The van der Waals surface area contributed by atoms with Gasteiger partial charge >= 0.3 is 0 Å². The molecule has 0 heterocycles.